The maximum absolute atomic E-state index is 9.25. The Labute approximate surface area is 168 Å². The van der Waals surface area contributed by atoms with E-state index >= 15 is 0 Å². The van der Waals surface area contributed by atoms with E-state index in [0.29, 0.717) is 17.2 Å². The van der Waals surface area contributed by atoms with Crippen LogP contribution in [0.2, 0.25) is 0 Å². The normalized spacial score (nSPS) is 9.16. The molecular formula is C20H24IO3P. The Balaban J connectivity index is 0.000000347. The Bertz CT molecular complexity index is 641. The van der Waals surface area contributed by atoms with Crippen LogP contribution in [-0.4, -0.2) is 21.5 Å². The Morgan fingerprint density at radius 1 is 0.640 bits per heavy atom. The zero-order chi connectivity index (χ0) is 17.6. The number of phenols is 3. The third-order valence-corrected chi connectivity index (χ3v) is 3.94. The van der Waals surface area contributed by atoms with Crippen molar-refractivity contribution in [1.29, 1.82) is 0 Å². The summed E-state index contributed by atoms with van der Waals surface area (Å²) < 4.78 is 0. The lowest BCUT2D eigenvalue weighted by Crippen LogP contribution is -1.93. The SMILES string of the molecule is CCPc1ccccc1O.I.Oc1ccccc1.Oc1ccccc1. The van der Waals surface area contributed by atoms with Gasteiger partial charge >= 0.3 is 0 Å². The van der Waals surface area contributed by atoms with Crippen LogP contribution in [0.4, 0.5) is 0 Å². The maximum atomic E-state index is 9.25. The first-order valence-corrected chi connectivity index (χ1v) is 8.84. The molecule has 1 unspecified atom stereocenters. The fourth-order valence-corrected chi connectivity index (χ4v) is 2.53. The number of hydrogen-bond acceptors (Lipinski definition) is 3. The number of rotatable bonds is 2. The van der Waals surface area contributed by atoms with E-state index < -0.39 is 0 Å². The van der Waals surface area contributed by atoms with Crippen LogP contribution < -0.4 is 5.30 Å². The van der Waals surface area contributed by atoms with Crippen LogP contribution in [0, 0.1) is 0 Å². The third-order valence-electron chi connectivity index (χ3n) is 2.78. The summed E-state index contributed by atoms with van der Waals surface area (Å²) in [5.74, 6) is 1.08. The summed E-state index contributed by atoms with van der Waals surface area (Å²) in [6, 6.07) is 24.9. The van der Waals surface area contributed by atoms with Crippen molar-refractivity contribution in [3.05, 3.63) is 84.9 Å². The van der Waals surface area contributed by atoms with Crippen molar-refractivity contribution in [3.8, 4) is 17.2 Å². The second-order valence-electron chi connectivity index (χ2n) is 4.72. The molecule has 134 valence electrons. The molecule has 3 nitrogen and oxygen atoms in total. The molecule has 25 heavy (non-hydrogen) atoms. The molecule has 0 saturated heterocycles. The summed E-state index contributed by atoms with van der Waals surface area (Å²) in [4.78, 5) is 0. The van der Waals surface area contributed by atoms with Crippen LogP contribution in [-0.2, 0) is 0 Å². The van der Waals surface area contributed by atoms with E-state index in [1.807, 2.05) is 30.3 Å². The van der Waals surface area contributed by atoms with Crippen molar-refractivity contribution >= 4 is 37.9 Å². The lowest BCUT2D eigenvalue weighted by atomic mass is 10.3. The van der Waals surface area contributed by atoms with Crippen molar-refractivity contribution in [2.45, 2.75) is 6.92 Å². The maximum Gasteiger partial charge on any atom is 0.122 e. The minimum absolute atomic E-state index is 0. The zero-order valence-corrected chi connectivity index (χ0v) is 17.4. The molecule has 0 spiro atoms. The summed E-state index contributed by atoms with van der Waals surface area (Å²) in [6.07, 6.45) is 1.11. The van der Waals surface area contributed by atoms with Gasteiger partial charge in [-0.3, -0.25) is 0 Å². The second-order valence-corrected chi connectivity index (χ2v) is 6.32. The van der Waals surface area contributed by atoms with Gasteiger partial charge in [0, 0.05) is 5.30 Å². The first-order valence-electron chi connectivity index (χ1n) is 7.63. The van der Waals surface area contributed by atoms with Crippen LogP contribution in [0.5, 0.6) is 17.2 Å². The van der Waals surface area contributed by atoms with Gasteiger partial charge in [0.1, 0.15) is 17.2 Å². The molecule has 0 bridgehead atoms. The van der Waals surface area contributed by atoms with Crippen LogP contribution in [0.25, 0.3) is 0 Å². The Kier molecular flexibility index (Phi) is 13.5. The molecule has 3 aromatic rings. The van der Waals surface area contributed by atoms with Gasteiger partial charge in [0.15, 0.2) is 0 Å². The van der Waals surface area contributed by atoms with Crippen molar-refractivity contribution in [2.24, 2.45) is 0 Å². The summed E-state index contributed by atoms with van der Waals surface area (Å²) in [5, 5.41) is 27.6. The molecule has 0 heterocycles. The van der Waals surface area contributed by atoms with Crippen LogP contribution in [0.15, 0.2) is 84.9 Å². The van der Waals surface area contributed by atoms with E-state index in [1.165, 1.54) is 0 Å². The minimum atomic E-state index is 0. The van der Waals surface area contributed by atoms with Gasteiger partial charge in [-0.15, -0.1) is 24.0 Å². The van der Waals surface area contributed by atoms with Crippen molar-refractivity contribution in [1.82, 2.24) is 0 Å². The van der Waals surface area contributed by atoms with Gasteiger partial charge in [-0.25, -0.2) is 0 Å². The lowest BCUT2D eigenvalue weighted by Gasteiger charge is -1.99. The number of hydrogen-bond donors (Lipinski definition) is 3. The molecule has 0 aliphatic carbocycles. The van der Waals surface area contributed by atoms with Crippen LogP contribution in [0.3, 0.4) is 0 Å². The molecule has 0 aromatic heterocycles. The van der Waals surface area contributed by atoms with Crippen molar-refractivity contribution < 1.29 is 15.3 Å². The molecule has 0 fully saturated rings. The highest BCUT2D eigenvalue weighted by Gasteiger charge is 1.95. The molecule has 0 aliphatic rings. The Morgan fingerprint density at radius 3 is 1.36 bits per heavy atom. The molecule has 3 aromatic carbocycles. The van der Waals surface area contributed by atoms with E-state index in [9.17, 15) is 5.11 Å². The third kappa shape index (κ3) is 11.4. The van der Waals surface area contributed by atoms with Gasteiger partial charge in [-0.05, 0) is 36.5 Å². The number of halogens is 1. The van der Waals surface area contributed by atoms with Crippen LogP contribution >= 0.6 is 32.6 Å². The molecule has 0 radical (unpaired) electrons. The van der Waals surface area contributed by atoms with E-state index in [4.69, 9.17) is 10.2 Å². The Hall–Kier alpha value is -1.78. The smallest absolute Gasteiger partial charge is 0.122 e. The van der Waals surface area contributed by atoms with Gasteiger partial charge in [-0.2, -0.15) is 0 Å². The monoisotopic (exact) mass is 470 g/mol. The predicted octanol–water partition coefficient (Wildman–Crippen LogP) is 5.12. The van der Waals surface area contributed by atoms with Gasteiger partial charge < -0.3 is 15.3 Å². The summed E-state index contributed by atoms with van der Waals surface area (Å²) in [7, 11) is 0.736. The van der Waals surface area contributed by atoms with Gasteiger partial charge in [0.05, 0.1) is 0 Å². The zero-order valence-electron chi connectivity index (χ0n) is 14.0. The highest BCUT2D eigenvalue weighted by atomic mass is 127. The van der Waals surface area contributed by atoms with E-state index in [0.717, 1.165) is 20.0 Å². The quantitative estimate of drug-likeness (QED) is 0.360. The second kappa shape index (κ2) is 14.6. The molecule has 5 heteroatoms. The van der Waals surface area contributed by atoms with E-state index in [-0.39, 0.29) is 24.0 Å². The fraction of sp³-hybridized carbons (Fsp3) is 0.100. The highest BCUT2D eigenvalue weighted by molar-refractivity contribution is 14.0. The topological polar surface area (TPSA) is 60.7 Å². The predicted molar refractivity (Wildman–Crippen MR) is 118 cm³/mol. The van der Waals surface area contributed by atoms with Gasteiger partial charge in [0.25, 0.3) is 0 Å². The first kappa shape index (κ1) is 23.2. The molecule has 0 aliphatic heterocycles. The number of aromatic hydroxyl groups is 3. The molecular weight excluding hydrogens is 446 g/mol. The van der Waals surface area contributed by atoms with E-state index in [2.05, 4.69) is 6.92 Å². The molecule has 1 atom stereocenters. The van der Waals surface area contributed by atoms with Crippen molar-refractivity contribution in [2.75, 3.05) is 6.16 Å². The van der Waals surface area contributed by atoms with E-state index in [1.54, 1.807) is 54.6 Å². The number of phenolic OH excluding ortho intramolecular Hbond substituents is 3. The average Bonchev–Trinajstić information content (AvgIpc) is 2.60. The van der Waals surface area contributed by atoms with Gasteiger partial charge in [0.2, 0.25) is 0 Å². The molecule has 3 rings (SSSR count). The number of para-hydroxylation sites is 3. The van der Waals surface area contributed by atoms with Gasteiger partial charge in [-0.1, -0.05) is 70.1 Å². The van der Waals surface area contributed by atoms with Crippen LogP contribution in [0.1, 0.15) is 6.92 Å². The molecule has 3 N–H and O–H groups in total. The summed E-state index contributed by atoms with van der Waals surface area (Å²) in [5.41, 5.74) is 0. The van der Waals surface area contributed by atoms with Crippen molar-refractivity contribution in [3.63, 3.8) is 0 Å². The largest absolute Gasteiger partial charge is 0.508 e. The molecule has 0 amide bonds. The first-order chi connectivity index (χ1) is 11.6. The Morgan fingerprint density at radius 2 is 1.04 bits per heavy atom. The number of benzene rings is 3. The lowest BCUT2D eigenvalue weighted by molar-refractivity contribution is 0.475. The minimum Gasteiger partial charge on any atom is -0.508 e. The standard InChI is InChI=1S/C8H11OP.2C6H6O.HI/c1-2-10-8-6-4-3-5-7(8)9;2*7-6-4-2-1-3-5-6;/h3-6,9-10H,2H2,1H3;2*1-5,7H;1H. The highest BCUT2D eigenvalue weighted by Crippen LogP contribution is 2.16. The summed E-state index contributed by atoms with van der Waals surface area (Å²) >= 11 is 0. The fourth-order valence-electron chi connectivity index (χ4n) is 1.67. The summed E-state index contributed by atoms with van der Waals surface area (Å²) in [6.45, 7) is 2.12. The molecule has 0 saturated carbocycles. The average molecular weight is 470 g/mol.